The SMILES string of the molecule is NNc1ncnc(Nc2cc(Br)ccc2F)c1Br. The molecule has 0 amide bonds. The number of nitrogen functional groups attached to an aromatic ring is 1. The molecule has 0 radical (unpaired) electrons. The van der Waals surface area contributed by atoms with E-state index < -0.39 is 0 Å². The standard InChI is InChI=1S/C10H8Br2FN5/c11-5-1-2-6(13)7(3-5)17-9-8(12)10(18-14)16-4-15-9/h1-4H,14H2,(H2,15,16,17,18). The fraction of sp³-hybridized carbons (Fsp3) is 0. The van der Waals surface area contributed by atoms with Crippen LogP contribution >= 0.6 is 31.9 Å². The Labute approximate surface area is 119 Å². The Hall–Kier alpha value is -1.25. The van der Waals surface area contributed by atoms with Gasteiger partial charge in [-0.3, -0.25) is 0 Å². The minimum absolute atomic E-state index is 0.298. The van der Waals surface area contributed by atoms with Gasteiger partial charge in [-0.1, -0.05) is 15.9 Å². The monoisotopic (exact) mass is 375 g/mol. The first kappa shape index (κ1) is 13.2. The van der Waals surface area contributed by atoms with Gasteiger partial charge in [-0.2, -0.15) is 0 Å². The number of nitrogens with zero attached hydrogens (tertiary/aromatic N) is 2. The van der Waals surface area contributed by atoms with Crippen LogP contribution in [0.25, 0.3) is 0 Å². The highest BCUT2D eigenvalue weighted by Gasteiger charge is 2.10. The summed E-state index contributed by atoms with van der Waals surface area (Å²) in [5.74, 6) is 5.72. The van der Waals surface area contributed by atoms with Crippen LogP contribution < -0.4 is 16.6 Å². The van der Waals surface area contributed by atoms with Gasteiger partial charge < -0.3 is 10.7 Å². The van der Waals surface area contributed by atoms with Crippen LogP contribution in [0.15, 0.2) is 33.5 Å². The maximum Gasteiger partial charge on any atom is 0.159 e. The van der Waals surface area contributed by atoms with E-state index in [0.717, 1.165) is 4.47 Å². The second-order valence-corrected chi connectivity index (χ2v) is 4.99. The molecule has 1 aromatic carbocycles. The minimum atomic E-state index is -0.383. The number of hydrogen-bond acceptors (Lipinski definition) is 5. The largest absolute Gasteiger partial charge is 0.337 e. The van der Waals surface area contributed by atoms with Crippen LogP contribution in [0, 0.1) is 5.82 Å². The third kappa shape index (κ3) is 2.77. The van der Waals surface area contributed by atoms with E-state index in [1.54, 1.807) is 12.1 Å². The lowest BCUT2D eigenvalue weighted by molar-refractivity contribution is 0.631. The molecule has 0 aliphatic carbocycles. The normalized spacial score (nSPS) is 10.2. The van der Waals surface area contributed by atoms with Gasteiger partial charge >= 0.3 is 0 Å². The summed E-state index contributed by atoms with van der Waals surface area (Å²) < 4.78 is 14.9. The third-order valence-corrected chi connectivity index (χ3v) is 3.35. The summed E-state index contributed by atoms with van der Waals surface area (Å²) in [5.41, 5.74) is 2.70. The van der Waals surface area contributed by atoms with Crippen LogP contribution in [0.3, 0.4) is 0 Å². The molecule has 0 atom stereocenters. The molecule has 8 heteroatoms. The molecule has 5 nitrogen and oxygen atoms in total. The van der Waals surface area contributed by atoms with Gasteiger partial charge in [-0.05, 0) is 34.1 Å². The maximum atomic E-state index is 13.6. The van der Waals surface area contributed by atoms with Crippen molar-refractivity contribution in [3.05, 3.63) is 39.3 Å². The molecule has 18 heavy (non-hydrogen) atoms. The van der Waals surface area contributed by atoms with E-state index in [2.05, 4.69) is 52.6 Å². The van der Waals surface area contributed by atoms with Crippen LogP contribution in [0.2, 0.25) is 0 Å². The molecule has 0 spiro atoms. The van der Waals surface area contributed by atoms with Gasteiger partial charge in [0.2, 0.25) is 0 Å². The second kappa shape index (κ2) is 5.59. The first-order valence-corrected chi connectivity index (χ1v) is 6.39. The molecule has 1 aromatic heterocycles. The van der Waals surface area contributed by atoms with Crippen LogP contribution in [0.1, 0.15) is 0 Å². The molecule has 2 rings (SSSR count). The fourth-order valence-corrected chi connectivity index (χ4v) is 2.06. The fourth-order valence-electron chi connectivity index (χ4n) is 1.28. The molecular formula is C10H8Br2FN5. The number of halogens is 3. The Morgan fingerprint density at radius 1 is 1.17 bits per heavy atom. The number of hydrogen-bond donors (Lipinski definition) is 3. The quantitative estimate of drug-likeness (QED) is 0.566. The molecular weight excluding hydrogens is 369 g/mol. The summed E-state index contributed by atoms with van der Waals surface area (Å²) in [4.78, 5) is 7.91. The molecule has 0 aliphatic rings. The topological polar surface area (TPSA) is 75.9 Å². The molecule has 4 N–H and O–H groups in total. The van der Waals surface area contributed by atoms with E-state index in [4.69, 9.17) is 5.84 Å². The average Bonchev–Trinajstić information content (AvgIpc) is 2.36. The van der Waals surface area contributed by atoms with Crippen LogP contribution in [-0.2, 0) is 0 Å². The Morgan fingerprint density at radius 2 is 1.89 bits per heavy atom. The van der Waals surface area contributed by atoms with Crippen molar-refractivity contribution in [3.63, 3.8) is 0 Å². The minimum Gasteiger partial charge on any atom is -0.337 e. The first-order chi connectivity index (χ1) is 8.61. The van der Waals surface area contributed by atoms with Gasteiger partial charge in [-0.25, -0.2) is 20.2 Å². The van der Waals surface area contributed by atoms with Crippen LogP contribution in [0.5, 0.6) is 0 Å². The van der Waals surface area contributed by atoms with Crippen LogP contribution in [0.4, 0.5) is 21.7 Å². The number of rotatable bonds is 3. The molecule has 2 aromatic rings. The lowest BCUT2D eigenvalue weighted by Gasteiger charge is -2.10. The number of nitrogens with one attached hydrogen (secondary N) is 2. The van der Waals surface area contributed by atoms with Gasteiger partial charge in [0, 0.05) is 4.47 Å². The zero-order valence-electron chi connectivity index (χ0n) is 8.92. The number of nitrogens with two attached hydrogens (primary N) is 1. The van der Waals surface area contributed by atoms with E-state index in [9.17, 15) is 4.39 Å². The highest BCUT2D eigenvalue weighted by molar-refractivity contribution is 9.11. The van der Waals surface area contributed by atoms with Crippen molar-refractivity contribution < 1.29 is 4.39 Å². The van der Waals surface area contributed by atoms with Gasteiger partial charge in [0.05, 0.1) is 5.69 Å². The number of anilines is 3. The van der Waals surface area contributed by atoms with Gasteiger partial charge in [-0.15, -0.1) is 0 Å². The summed E-state index contributed by atoms with van der Waals surface area (Å²) in [7, 11) is 0. The van der Waals surface area contributed by atoms with Crippen molar-refractivity contribution in [2.75, 3.05) is 10.7 Å². The Morgan fingerprint density at radius 3 is 2.61 bits per heavy atom. The molecule has 0 saturated heterocycles. The zero-order valence-corrected chi connectivity index (χ0v) is 12.1. The highest BCUT2D eigenvalue weighted by atomic mass is 79.9. The van der Waals surface area contributed by atoms with Gasteiger partial charge in [0.25, 0.3) is 0 Å². The summed E-state index contributed by atoms with van der Waals surface area (Å²) in [6.07, 6.45) is 1.32. The van der Waals surface area contributed by atoms with Crippen molar-refractivity contribution in [2.24, 2.45) is 5.84 Å². The number of aromatic nitrogens is 2. The van der Waals surface area contributed by atoms with E-state index in [-0.39, 0.29) is 5.82 Å². The van der Waals surface area contributed by atoms with Crippen LogP contribution in [-0.4, -0.2) is 9.97 Å². The van der Waals surface area contributed by atoms with E-state index in [1.807, 2.05) is 0 Å². The highest BCUT2D eigenvalue weighted by Crippen LogP contribution is 2.30. The lowest BCUT2D eigenvalue weighted by atomic mass is 10.3. The second-order valence-electron chi connectivity index (χ2n) is 3.28. The average molecular weight is 377 g/mol. The molecule has 0 saturated carbocycles. The Kier molecular flexibility index (Phi) is 4.10. The molecule has 94 valence electrons. The van der Waals surface area contributed by atoms with Gasteiger partial charge in [0.1, 0.15) is 22.4 Å². The van der Waals surface area contributed by atoms with Crippen molar-refractivity contribution in [1.29, 1.82) is 0 Å². The summed E-state index contributed by atoms with van der Waals surface area (Å²) in [6.45, 7) is 0. The summed E-state index contributed by atoms with van der Waals surface area (Å²) in [5, 5.41) is 2.86. The van der Waals surface area contributed by atoms with Crippen molar-refractivity contribution >= 4 is 49.2 Å². The Bertz CT molecular complexity index is 578. The summed E-state index contributed by atoms with van der Waals surface area (Å²) in [6, 6.07) is 4.57. The summed E-state index contributed by atoms with van der Waals surface area (Å²) >= 11 is 6.55. The van der Waals surface area contributed by atoms with Crippen molar-refractivity contribution in [1.82, 2.24) is 9.97 Å². The van der Waals surface area contributed by atoms with Gasteiger partial charge in [0.15, 0.2) is 5.82 Å². The maximum absolute atomic E-state index is 13.6. The molecule has 0 aliphatic heterocycles. The van der Waals surface area contributed by atoms with E-state index in [0.29, 0.717) is 21.8 Å². The lowest BCUT2D eigenvalue weighted by Crippen LogP contribution is -2.10. The van der Waals surface area contributed by atoms with E-state index >= 15 is 0 Å². The first-order valence-electron chi connectivity index (χ1n) is 4.81. The van der Waals surface area contributed by atoms with E-state index in [1.165, 1.54) is 12.4 Å². The zero-order chi connectivity index (χ0) is 13.1. The third-order valence-electron chi connectivity index (χ3n) is 2.11. The number of hydrazine groups is 1. The van der Waals surface area contributed by atoms with Crippen molar-refractivity contribution in [2.45, 2.75) is 0 Å². The molecule has 0 unspecified atom stereocenters. The Balaban J connectivity index is 2.37. The smallest absolute Gasteiger partial charge is 0.159 e. The number of benzene rings is 1. The van der Waals surface area contributed by atoms with Crippen molar-refractivity contribution in [3.8, 4) is 0 Å². The predicted molar refractivity (Wildman–Crippen MR) is 74.9 cm³/mol. The molecule has 0 fully saturated rings. The predicted octanol–water partition coefficient (Wildman–Crippen LogP) is 3.17. The molecule has 0 bridgehead atoms. The molecule has 1 heterocycles.